The van der Waals surface area contributed by atoms with Gasteiger partial charge < -0.3 is 5.32 Å². The number of amides is 1. The van der Waals surface area contributed by atoms with Crippen molar-refractivity contribution in [1.29, 1.82) is 0 Å². The van der Waals surface area contributed by atoms with Crippen LogP contribution in [-0.4, -0.2) is 61.8 Å². The summed E-state index contributed by atoms with van der Waals surface area (Å²) >= 11 is 6.08. The number of piperazine rings is 1. The monoisotopic (exact) mass is 427 g/mol. The highest BCUT2D eigenvalue weighted by atomic mass is 35.5. The van der Waals surface area contributed by atoms with Crippen molar-refractivity contribution in [3.8, 4) is 0 Å². The fraction of sp³-hybridized carbons (Fsp3) is 0.650. The standard InChI is InChI=1S/C20H30ClN3O3S/c1-16(20(25)22-17-8-4-2-3-5-9-17)23-12-14-24(15-13-23)28(26,27)19-11-7-6-10-18(19)21/h6-7,10-11,16-17H,2-5,8-9,12-15H2,1H3,(H,22,25). The minimum atomic E-state index is -3.61. The van der Waals surface area contributed by atoms with E-state index in [9.17, 15) is 13.2 Å². The maximum absolute atomic E-state index is 12.9. The van der Waals surface area contributed by atoms with Gasteiger partial charge in [-0.05, 0) is 31.9 Å². The summed E-state index contributed by atoms with van der Waals surface area (Å²) in [5, 5.41) is 3.44. The van der Waals surface area contributed by atoms with E-state index in [1.54, 1.807) is 18.2 Å². The molecule has 0 spiro atoms. The number of sulfonamides is 1. The maximum Gasteiger partial charge on any atom is 0.244 e. The molecule has 0 aromatic heterocycles. The summed E-state index contributed by atoms with van der Waals surface area (Å²) in [6.45, 7) is 3.68. The average Bonchev–Trinajstić information content (AvgIpc) is 2.96. The summed E-state index contributed by atoms with van der Waals surface area (Å²) in [6, 6.07) is 6.54. The first-order valence-corrected chi connectivity index (χ1v) is 12.0. The molecule has 1 atom stereocenters. The summed E-state index contributed by atoms with van der Waals surface area (Å²) in [7, 11) is -3.61. The van der Waals surface area contributed by atoms with E-state index in [-0.39, 0.29) is 27.9 Å². The third-order valence-electron chi connectivity index (χ3n) is 5.86. The Balaban J connectivity index is 1.55. The van der Waals surface area contributed by atoms with Crippen LogP contribution in [0.1, 0.15) is 45.4 Å². The molecule has 3 rings (SSSR count). The zero-order valence-electron chi connectivity index (χ0n) is 16.4. The Morgan fingerprint density at radius 3 is 2.29 bits per heavy atom. The topological polar surface area (TPSA) is 69.7 Å². The van der Waals surface area contributed by atoms with Gasteiger partial charge in [0.05, 0.1) is 11.1 Å². The summed E-state index contributed by atoms with van der Waals surface area (Å²) in [4.78, 5) is 14.9. The highest BCUT2D eigenvalue weighted by molar-refractivity contribution is 7.89. The van der Waals surface area contributed by atoms with Crippen molar-refractivity contribution >= 4 is 27.5 Å². The van der Waals surface area contributed by atoms with Gasteiger partial charge in [0.25, 0.3) is 0 Å². The highest BCUT2D eigenvalue weighted by Crippen LogP contribution is 2.25. The van der Waals surface area contributed by atoms with E-state index in [1.807, 2.05) is 6.92 Å². The minimum Gasteiger partial charge on any atom is -0.352 e. The fourth-order valence-corrected chi connectivity index (χ4v) is 5.95. The minimum absolute atomic E-state index is 0.0503. The second-order valence-corrected chi connectivity index (χ2v) is 10.1. The molecule has 2 aliphatic rings. The van der Waals surface area contributed by atoms with Crippen LogP contribution in [0, 0.1) is 0 Å². The van der Waals surface area contributed by atoms with E-state index in [1.165, 1.54) is 36.1 Å². The van der Waals surface area contributed by atoms with Gasteiger partial charge in [0.1, 0.15) is 4.90 Å². The van der Waals surface area contributed by atoms with E-state index < -0.39 is 10.0 Å². The van der Waals surface area contributed by atoms with Crippen molar-refractivity contribution in [3.63, 3.8) is 0 Å². The molecule has 0 bridgehead atoms. The van der Waals surface area contributed by atoms with Gasteiger partial charge in [-0.25, -0.2) is 8.42 Å². The van der Waals surface area contributed by atoms with Crippen LogP contribution in [0.5, 0.6) is 0 Å². The molecule has 1 aromatic carbocycles. The smallest absolute Gasteiger partial charge is 0.244 e. The zero-order valence-corrected chi connectivity index (χ0v) is 18.0. The first-order chi connectivity index (χ1) is 13.4. The summed E-state index contributed by atoms with van der Waals surface area (Å²) in [5.41, 5.74) is 0. The van der Waals surface area contributed by atoms with Gasteiger partial charge in [-0.15, -0.1) is 0 Å². The fourth-order valence-electron chi connectivity index (χ4n) is 4.04. The number of carbonyl (C=O) groups is 1. The Hall–Kier alpha value is -1.15. The molecule has 28 heavy (non-hydrogen) atoms. The van der Waals surface area contributed by atoms with Crippen molar-refractivity contribution in [2.45, 2.75) is 62.4 Å². The zero-order chi connectivity index (χ0) is 20.1. The first kappa shape index (κ1) is 21.6. The average molecular weight is 428 g/mol. The van der Waals surface area contributed by atoms with E-state index in [4.69, 9.17) is 11.6 Å². The van der Waals surface area contributed by atoms with Gasteiger partial charge in [-0.3, -0.25) is 9.69 Å². The SMILES string of the molecule is CC(C(=O)NC1CCCCCC1)N1CCN(S(=O)(=O)c2ccccc2Cl)CC1. The van der Waals surface area contributed by atoms with Crippen LogP contribution in [0.15, 0.2) is 29.2 Å². The van der Waals surface area contributed by atoms with Gasteiger partial charge in [-0.2, -0.15) is 4.31 Å². The second-order valence-electron chi connectivity index (χ2n) is 7.74. The van der Waals surface area contributed by atoms with Gasteiger partial charge in [0.15, 0.2) is 0 Å². The van der Waals surface area contributed by atoms with Crippen LogP contribution in [0.3, 0.4) is 0 Å². The van der Waals surface area contributed by atoms with Crippen LogP contribution in [0.25, 0.3) is 0 Å². The van der Waals surface area contributed by atoms with Crippen molar-refractivity contribution in [3.05, 3.63) is 29.3 Å². The number of rotatable bonds is 5. The lowest BCUT2D eigenvalue weighted by molar-refractivity contribution is -0.127. The normalized spacial score (nSPS) is 21.8. The van der Waals surface area contributed by atoms with E-state index in [0.717, 1.165) is 12.8 Å². The molecule has 0 radical (unpaired) electrons. The Morgan fingerprint density at radius 2 is 1.68 bits per heavy atom. The molecule has 1 amide bonds. The molecule has 156 valence electrons. The van der Waals surface area contributed by atoms with E-state index in [0.29, 0.717) is 26.2 Å². The third-order valence-corrected chi connectivity index (χ3v) is 8.25. The molecule has 1 N–H and O–H groups in total. The molecule has 2 fully saturated rings. The van der Waals surface area contributed by atoms with Crippen LogP contribution < -0.4 is 5.32 Å². The number of nitrogens with zero attached hydrogens (tertiary/aromatic N) is 2. The number of carbonyl (C=O) groups excluding carboxylic acids is 1. The second kappa shape index (κ2) is 9.57. The number of halogens is 1. The number of nitrogens with one attached hydrogen (secondary N) is 1. The molecule has 1 unspecified atom stereocenters. The quantitative estimate of drug-likeness (QED) is 0.733. The van der Waals surface area contributed by atoms with Crippen molar-refractivity contribution in [2.75, 3.05) is 26.2 Å². The molecule has 1 aliphatic heterocycles. The Kier molecular flexibility index (Phi) is 7.36. The maximum atomic E-state index is 12.9. The lowest BCUT2D eigenvalue weighted by Crippen LogP contribution is -2.55. The Bertz CT molecular complexity index is 771. The Morgan fingerprint density at radius 1 is 1.07 bits per heavy atom. The lowest BCUT2D eigenvalue weighted by atomic mass is 10.1. The van der Waals surface area contributed by atoms with Crippen LogP contribution in [0.4, 0.5) is 0 Å². The molecule has 1 heterocycles. The lowest BCUT2D eigenvalue weighted by Gasteiger charge is -2.37. The van der Waals surface area contributed by atoms with Gasteiger partial charge in [-0.1, -0.05) is 49.4 Å². The Labute approximate surface area is 173 Å². The van der Waals surface area contributed by atoms with Crippen LogP contribution in [-0.2, 0) is 14.8 Å². The summed E-state index contributed by atoms with van der Waals surface area (Å²) in [6.07, 6.45) is 6.98. The molecule has 1 saturated carbocycles. The predicted octanol–water partition coefficient (Wildman–Crippen LogP) is 2.87. The third kappa shape index (κ3) is 5.06. The largest absolute Gasteiger partial charge is 0.352 e. The molecular weight excluding hydrogens is 398 g/mol. The molecule has 1 aromatic rings. The van der Waals surface area contributed by atoms with E-state index in [2.05, 4.69) is 10.2 Å². The van der Waals surface area contributed by atoms with Crippen LogP contribution in [0.2, 0.25) is 5.02 Å². The van der Waals surface area contributed by atoms with Gasteiger partial charge in [0.2, 0.25) is 15.9 Å². The van der Waals surface area contributed by atoms with Crippen molar-refractivity contribution in [1.82, 2.24) is 14.5 Å². The number of hydrogen-bond donors (Lipinski definition) is 1. The molecule has 6 nitrogen and oxygen atoms in total. The van der Waals surface area contributed by atoms with Gasteiger partial charge in [0, 0.05) is 32.2 Å². The molecule has 8 heteroatoms. The molecule has 1 aliphatic carbocycles. The summed E-state index contributed by atoms with van der Waals surface area (Å²) in [5.74, 6) is 0.0503. The number of benzene rings is 1. The molecule has 1 saturated heterocycles. The number of hydrogen-bond acceptors (Lipinski definition) is 4. The highest BCUT2D eigenvalue weighted by Gasteiger charge is 2.33. The predicted molar refractivity (Wildman–Crippen MR) is 111 cm³/mol. The summed E-state index contributed by atoms with van der Waals surface area (Å²) < 4.78 is 27.2. The van der Waals surface area contributed by atoms with E-state index >= 15 is 0 Å². The van der Waals surface area contributed by atoms with Crippen molar-refractivity contribution < 1.29 is 13.2 Å². The van der Waals surface area contributed by atoms with Gasteiger partial charge >= 0.3 is 0 Å². The van der Waals surface area contributed by atoms with Crippen LogP contribution >= 0.6 is 11.6 Å². The van der Waals surface area contributed by atoms with Crippen molar-refractivity contribution in [2.24, 2.45) is 0 Å². The molecular formula is C20H30ClN3O3S. The first-order valence-electron chi connectivity index (χ1n) is 10.2.